The summed E-state index contributed by atoms with van der Waals surface area (Å²) in [6, 6.07) is 4.59. The molecule has 1 aliphatic rings. The molecule has 7 nitrogen and oxygen atoms in total. The predicted octanol–water partition coefficient (Wildman–Crippen LogP) is 4.02. The molecule has 0 atom stereocenters. The Bertz CT molecular complexity index is 879. The molecule has 0 fully saturated rings. The fourth-order valence-corrected chi connectivity index (χ4v) is 3.56. The first-order chi connectivity index (χ1) is 14.6. The van der Waals surface area contributed by atoms with Crippen molar-refractivity contribution in [1.29, 1.82) is 0 Å². The molecular formula is C25H37NO6. The second kappa shape index (κ2) is 9.41. The molecule has 1 N–H and O–H groups in total. The SMILES string of the molecule is CC(C)OCCC(C)(C)N1C(=O)c2ccc(C(=O)C(C)(C)OCCC(C)(C)O)cc2C1=O. The van der Waals surface area contributed by atoms with Crippen LogP contribution in [-0.4, -0.2) is 63.7 Å². The van der Waals surface area contributed by atoms with Crippen LogP contribution in [0.2, 0.25) is 0 Å². The predicted molar refractivity (Wildman–Crippen MR) is 122 cm³/mol. The standard InChI is InChI=1S/C25H37NO6/c1-16(2)31-13-11-23(3,4)26-21(28)18-10-9-17(15-19(18)22(26)29)20(27)25(7,8)32-14-12-24(5,6)30/h9-10,15-16,30H,11-14H2,1-8H3. The first kappa shape index (κ1) is 26.2. The highest BCUT2D eigenvalue weighted by atomic mass is 16.5. The molecule has 0 radical (unpaired) electrons. The summed E-state index contributed by atoms with van der Waals surface area (Å²) < 4.78 is 11.3. The third-order valence-electron chi connectivity index (χ3n) is 5.64. The van der Waals surface area contributed by atoms with E-state index in [0.29, 0.717) is 30.6 Å². The zero-order valence-electron chi connectivity index (χ0n) is 20.6. The van der Waals surface area contributed by atoms with Gasteiger partial charge in [0.25, 0.3) is 11.8 Å². The van der Waals surface area contributed by atoms with Gasteiger partial charge < -0.3 is 14.6 Å². The normalized spacial score (nSPS) is 15.0. The van der Waals surface area contributed by atoms with Crippen LogP contribution < -0.4 is 0 Å². The van der Waals surface area contributed by atoms with Crippen molar-refractivity contribution in [3.63, 3.8) is 0 Å². The van der Waals surface area contributed by atoms with Crippen LogP contribution in [0.3, 0.4) is 0 Å². The van der Waals surface area contributed by atoms with E-state index in [1.54, 1.807) is 33.8 Å². The number of hydrogen-bond acceptors (Lipinski definition) is 6. The Morgan fingerprint density at radius 2 is 1.56 bits per heavy atom. The van der Waals surface area contributed by atoms with E-state index in [1.165, 1.54) is 17.0 Å². The van der Waals surface area contributed by atoms with E-state index in [2.05, 4.69) is 0 Å². The van der Waals surface area contributed by atoms with Gasteiger partial charge in [0, 0.05) is 17.7 Å². The number of ketones is 1. The molecule has 1 heterocycles. The van der Waals surface area contributed by atoms with Crippen molar-refractivity contribution in [2.24, 2.45) is 0 Å². The Morgan fingerprint density at radius 3 is 2.12 bits per heavy atom. The Morgan fingerprint density at radius 1 is 0.969 bits per heavy atom. The van der Waals surface area contributed by atoms with Crippen LogP contribution in [0.1, 0.15) is 99.3 Å². The van der Waals surface area contributed by atoms with Crippen LogP contribution in [0.4, 0.5) is 0 Å². The van der Waals surface area contributed by atoms with E-state index in [-0.39, 0.29) is 30.0 Å². The van der Waals surface area contributed by atoms with E-state index < -0.39 is 22.6 Å². The van der Waals surface area contributed by atoms with Crippen molar-refractivity contribution in [3.05, 3.63) is 34.9 Å². The van der Waals surface area contributed by atoms with Gasteiger partial charge in [0.1, 0.15) is 5.60 Å². The van der Waals surface area contributed by atoms with Gasteiger partial charge in [-0.05, 0) is 80.4 Å². The molecule has 0 aromatic heterocycles. The van der Waals surface area contributed by atoms with Crippen LogP contribution in [0.5, 0.6) is 0 Å². The zero-order chi connectivity index (χ0) is 24.5. The molecule has 1 aliphatic heterocycles. The number of fused-ring (bicyclic) bond motifs is 1. The maximum Gasteiger partial charge on any atom is 0.262 e. The third kappa shape index (κ3) is 6.03. The fourth-order valence-electron chi connectivity index (χ4n) is 3.56. The fraction of sp³-hybridized carbons (Fsp3) is 0.640. The highest BCUT2D eigenvalue weighted by molar-refractivity contribution is 6.22. The van der Waals surface area contributed by atoms with Gasteiger partial charge >= 0.3 is 0 Å². The van der Waals surface area contributed by atoms with Gasteiger partial charge in [0.15, 0.2) is 5.78 Å². The van der Waals surface area contributed by atoms with Gasteiger partial charge in [0.2, 0.25) is 0 Å². The summed E-state index contributed by atoms with van der Waals surface area (Å²) in [6.45, 7) is 14.9. The number of amides is 2. The number of nitrogens with zero attached hydrogens (tertiary/aromatic N) is 1. The zero-order valence-corrected chi connectivity index (χ0v) is 20.6. The Balaban J connectivity index is 2.20. The summed E-state index contributed by atoms with van der Waals surface area (Å²) in [4.78, 5) is 40.5. The number of carbonyl (C=O) groups is 3. The van der Waals surface area contributed by atoms with Crippen LogP contribution in [0, 0.1) is 0 Å². The number of rotatable bonds is 11. The number of Topliss-reactive ketones (excluding diaryl/α,β-unsaturated/α-hetero) is 1. The lowest BCUT2D eigenvalue weighted by Gasteiger charge is -2.34. The maximum atomic E-state index is 13.2. The second-order valence-electron chi connectivity index (χ2n) is 10.4. The van der Waals surface area contributed by atoms with Crippen LogP contribution >= 0.6 is 0 Å². The molecule has 0 unspecified atom stereocenters. The Labute approximate surface area is 191 Å². The van der Waals surface area contributed by atoms with Gasteiger partial charge in [-0.25, -0.2) is 0 Å². The first-order valence-electron chi connectivity index (χ1n) is 11.1. The quantitative estimate of drug-likeness (QED) is 0.407. The number of ether oxygens (including phenoxy) is 2. The molecule has 32 heavy (non-hydrogen) atoms. The van der Waals surface area contributed by atoms with Crippen molar-refractivity contribution < 1.29 is 29.0 Å². The van der Waals surface area contributed by atoms with Gasteiger partial charge in [-0.3, -0.25) is 19.3 Å². The van der Waals surface area contributed by atoms with Crippen LogP contribution in [0.25, 0.3) is 0 Å². The average molecular weight is 448 g/mol. The molecule has 0 saturated carbocycles. The Hall–Kier alpha value is -2.09. The molecule has 0 spiro atoms. The average Bonchev–Trinajstić information content (AvgIpc) is 2.90. The minimum Gasteiger partial charge on any atom is -0.390 e. The summed E-state index contributed by atoms with van der Waals surface area (Å²) in [5.74, 6) is -1.06. The number of imide groups is 1. The lowest BCUT2D eigenvalue weighted by molar-refractivity contribution is -0.0315. The second-order valence-corrected chi connectivity index (χ2v) is 10.4. The Kier molecular flexibility index (Phi) is 7.70. The number of benzene rings is 1. The molecule has 178 valence electrons. The van der Waals surface area contributed by atoms with Gasteiger partial charge in [0.05, 0.1) is 29.4 Å². The summed E-state index contributed by atoms with van der Waals surface area (Å²) in [5.41, 5.74) is -1.93. The van der Waals surface area contributed by atoms with Gasteiger partial charge in [-0.15, -0.1) is 0 Å². The summed E-state index contributed by atoms with van der Waals surface area (Å²) in [7, 11) is 0. The van der Waals surface area contributed by atoms with Crippen molar-refractivity contribution >= 4 is 17.6 Å². The summed E-state index contributed by atoms with van der Waals surface area (Å²) >= 11 is 0. The molecule has 2 rings (SSSR count). The molecule has 0 bridgehead atoms. The molecule has 1 aromatic carbocycles. The van der Waals surface area contributed by atoms with E-state index >= 15 is 0 Å². The topological polar surface area (TPSA) is 93.1 Å². The van der Waals surface area contributed by atoms with E-state index in [1.807, 2.05) is 27.7 Å². The smallest absolute Gasteiger partial charge is 0.262 e. The van der Waals surface area contributed by atoms with Crippen molar-refractivity contribution in [2.75, 3.05) is 13.2 Å². The lowest BCUT2D eigenvalue weighted by atomic mass is 9.94. The van der Waals surface area contributed by atoms with E-state index in [4.69, 9.17) is 9.47 Å². The largest absolute Gasteiger partial charge is 0.390 e. The minimum atomic E-state index is -1.14. The van der Waals surface area contributed by atoms with Gasteiger partial charge in [-0.2, -0.15) is 0 Å². The third-order valence-corrected chi connectivity index (χ3v) is 5.64. The summed E-state index contributed by atoms with van der Waals surface area (Å²) in [5, 5.41) is 9.85. The first-order valence-corrected chi connectivity index (χ1v) is 11.1. The van der Waals surface area contributed by atoms with Crippen molar-refractivity contribution in [1.82, 2.24) is 4.90 Å². The van der Waals surface area contributed by atoms with E-state index in [9.17, 15) is 19.5 Å². The lowest BCUT2D eigenvalue weighted by Crippen LogP contribution is -2.48. The molecule has 0 aliphatic carbocycles. The molecular weight excluding hydrogens is 410 g/mol. The minimum absolute atomic E-state index is 0.0653. The maximum absolute atomic E-state index is 13.2. The highest BCUT2D eigenvalue weighted by Crippen LogP contribution is 2.33. The number of hydrogen-bond donors (Lipinski definition) is 1. The molecule has 2 amide bonds. The highest BCUT2D eigenvalue weighted by Gasteiger charge is 2.44. The molecule has 1 aromatic rings. The molecule has 0 saturated heterocycles. The number of aliphatic hydroxyl groups is 1. The number of carbonyl (C=O) groups excluding carboxylic acids is 3. The van der Waals surface area contributed by atoms with Crippen LogP contribution in [0.15, 0.2) is 18.2 Å². The monoisotopic (exact) mass is 447 g/mol. The molecule has 7 heteroatoms. The summed E-state index contributed by atoms with van der Waals surface area (Å²) in [6.07, 6.45) is 0.950. The van der Waals surface area contributed by atoms with Crippen LogP contribution in [-0.2, 0) is 9.47 Å². The van der Waals surface area contributed by atoms with Gasteiger partial charge in [-0.1, -0.05) is 6.07 Å². The van der Waals surface area contributed by atoms with E-state index in [0.717, 1.165) is 0 Å². The van der Waals surface area contributed by atoms with Crippen molar-refractivity contribution in [3.8, 4) is 0 Å². The van der Waals surface area contributed by atoms with Crippen molar-refractivity contribution in [2.45, 2.75) is 91.1 Å².